The summed E-state index contributed by atoms with van der Waals surface area (Å²) in [6, 6.07) is 0. The van der Waals surface area contributed by atoms with Crippen molar-refractivity contribution in [2.24, 2.45) is 0 Å². The lowest BCUT2D eigenvalue weighted by Gasteiger charge is -2.15. The average Bonchev–Trinajstić information content (AvgIpc) is 2.82. The van der Waals surface area contributed by atoms with Gasteiger partial charge in [0.05, 0.1) is 10.2 Å². The van der Waals surface area contributed by atoms with E-state index in [1.165, 1.54) is 19.1 Å². The summed E-state index contributed by atoms with van der Waals surface area (Å²) in [6.45, 7) is 0. The second-order valence-electron chi connectivity index (χ2n) is 4.99. The van der Waals surface area contributed by atoms with Crippen LogP contribution in [0.15, 0.2) is 4.47 Å². The van der Waals surface area contributed by atoms with Gasteiger partial charge in [-0.3, -0.25) is 0 Å². The maximum atomic E-state index is 11.4. The molecule has 1 aromatic heterocycles. The third-order valence-electron chi connectivity index (χ3n) is 3.29. The summed E-state index contributed by atoms with van der Waals surface area (Å²) in [4.78, 5) is 8.73. The quantitative estimate of drug-likeness (QED) is 0.905. The van der Waals surface area contributed by atoms with Gasteiger partial charge in [-0.05, 0) is 28.8 Å². The maximum Gasteiger partial charge on any atom is 0.154 e. The van der Waals surface area contributed by atoms with E-state index in [0.29, 0.717) is 17.6 Å². The Kier molecular flexibility index (Phi) is 4.45. The third-order valence-corrected chi connectivity index (χ3v) is 4.86. The molecule has 1 N–H and O–H groups in total. The van der Waals surface area contributed by atoms with Gasteiger partial charge in [0, 0.05) is 19.2 Å². The van der Waals surface area contributed by atoms with Crippen molar-refractivity contribution < 1.29 is 8.42 Å². The number of sulfone groups is 1. The Morgan fingerprint density at radius 1 is 1.32 bits per heavy atom. The molecule has 1 heterocycles. The Bertz CT molecular complexity index is 569. The lowest BCUT2D eigenvalue weighted by atomic mass is 10.0. The first-order valence-electron chi connectivity index (χ1n) is 6.32. The van der Waals surface area contributed by atoms with Gasteiger partial charge in [0.25, 0.3) is 0 Å². The number of halogens is 1. The number of hydrogen-bond acceptors (Lipinski definition) is 5. The molecule has 0 atom stereocenters. The van der Waals surface area contributed by atoms with Crippen molar-refractivity contribution in [2.75, 3.05) is 18.6 Å². The molecule has 2 rings (SSSR count). The van der Waals surface area contributed by atoms with Crippen molar-refractivity contribution in [1.82, 2.24) is 9.97 Å². The van der Waals surface area contributed by atoms with Crippen LogP contribution in [0.3, 0.4) is 0 Å². The number of rotatable bonds is 4. The summed E-state index contributed by atoms with van der Waals surface area (Å²) in [6.07, 6.45) is 5.83. The number of hydrogen-bond donors (Lipinski definition) is 1. The summed E-state index contributed by atoms with van der Waals surface area (Å²) in [5.74, 6) is 1.32. The highest BCUT2D eigenvalue weighted by Gasteiger charge is 2.24. The largest absolute Gasteiger partial charge is 0.372 e. The van der Waals surface area contributed by atoms with E-state index < -0.39 is 9.84 Å². The van der Waals surface area contributed by atoms with Crippen LogP contribution in [0, 0.1) is 0 Å². The SMILES string of the molecule is CNc1nc(CS(C)(=O)=O)nc(C2CCCC2)c1Br. The van der Waals surface area contributed by atoms with Crippen molar-refractivity contribution >= 4 is 31.6 Å². The molecule has 0 amide bonds. The average molecular weight is 348 g/mol. The Hall–Kier alpha value is -0.690. The Morgan fingerprint density at radius 2 is 1.95 bits per heavy atom. The van der Waals surface area contributed by atoms with Crippen LogP contribution < -0.4 is 5.32 Å². The number of nitrogens with one attached hydrogen (secondary N) is 1. The van der Waals surface area contributed by atoms with E-state index in [9.17, 15) is 8.42 Å². The summed E-state index contributed by atoms with van der Waals surface area (Å²) in [7, 11) is -1.35. The molecule has 0 saturated heterocycles. The summed E-state index contributed by atoms with van der Waals surface area (Å²) in [5, 5.41) is 2.99. The van der Waals surface area contributed by atoms with Crippen LogP contribution in [0.25, 0.3) is 0 Å². The minimum absolute atomic E-state index is 0.116. The number of nitrogens with zero attached hydrogens (tertiary/aromatic N) is 2. The van der Waals surface area contributed by atoms with Crippen molar-refractivity contribution in [1.29, 1.82) is 0 Å². The van der Waals surface area contributed by atoms with E-state index in [1.54, 1.807) is 7.05 Å². The predicted molar refractivity (Wildman–Crippen MR) is 79.0 cm³/mol. The second kappa shape index (κ2) is 5.75. The predicted octanol–water partition coefficient (Wildman–Crippen LogP) is 2.48. The highest BCUT2D eigenvalue weighted by Crippen LogP contribution is 2.38. The van der Waals surface area contributed by atoms with E-state index >= 15 is 0 Å². The lowest BCUT2D eigenvalue weighted by molar-refractivity contribution is 0.599. The minimum Gasteiger partial charge on any atom is -0.372 e. The van der Waals surface area contributed by atoms with E-state index in [4.69, 9.17) is 0 Å². The molecule has 0 unspecified atom stereocenters. The van der Waals surface area contributed by atoms with Crippen LogP contribution in [-0.2, 0) is 15.6 Å². The third kappa shape index (κ3) is 3.66. The molecule has 5 nitrogen and oxygen atoms in total. The van der Waals surface area contributed by atoms with Gasteiger partial charge in [0.15, 0.2) is 9.84 Å². The Labute approximate surface area is 122 Å². The zero-order valence-electron chi connectivity index (χ0n) is 11.1. The molecule has 106 valence electrons. The maximum absolute atomic E-state index is 11.4. The van der Waals surface area contributed by atoms with Gasteiger partial charge in [0.1, 0.15) is 17.4 Å². The fourth-order valence-electron chi connectivity index (χ4n) is 2.45. The van der Waals surface area contributed by atoms with Gasteiger partial charge in [-0.2, -0.15) is 0 Å². The van der Waals surface area contributed by atoms with Crippen molar-refractivity contribution in [3.05, 3.63) is 16.0 Å². The van der Waals surface area contributed by atoms with Crippen molar-refractivity contribution in [2.45, 2.75) is 37.4 Å². The second-order valence-corrected chi connectivity index (χ2v) is 7.92. The molecule has 0 aromatic carbocycles. The van der Waals surface area contributed by atoms with Crippen LogP contribution in [0.5, 0.6) is 0 Å². The summed E-state index contributed by atoms with van der Waals surface area (Å²) >= 11 is 3.53. The zero-order valence-corrected chi connectivity index (χ0v) is 13.5. The fraction of sp³-hybridized carbons (Fsp3) is 0.667. The van der Waals surface area contributed by atoms with E-state index in [-0.39, 0.29) is 5.75 Å². The highest BCUT2D eigenvalue weighted by atomic mass is 79.9. The van der Waals surface area contributed by atoms with Gasteiger partial charge >= 0.3 is 0 Å². The van der Waals surface area contributed by atoms with Crippen molar-refractivity contribution in [3.8, 4) is 0 Å². The zero-order chi connectivity index (χ0) is 14.0. The van der Waals surface area contributed by atoms with Crippen LogP contribution >= 0.6 is 15.9 Å². The molecular weight excluding hydrogens is 330 g/mol. The van der Waals surface area contributed by atoms with Gasteiger partial charge in [-0.1, -0.05) is 12.8 Å². The molecule has 0 radical (unpaired) electrons. The molecule has 1 aromatic rings. The number of aromatic nitrogens is 2. The summed E-state index contributed by atoms with van der Waals surface area (Å²) in [5.41, 5.74) is 0.940. The topological polar surface area (TPSA) is 72.0 Å². The standard InChI is InChI=1S/C12H18BrN3O2S/c1-14-12-10(13)11(8-5-3-4-6-8)15-9(16-12)7-19(2,17)18/h8H,3-7H2,1-2H3,(H,14,15,16). The first-order chi connectivity index (χ1) is 8.90. The Balaban J connectivity index is 2.43. The highest BCUT2D eigenvalue weighted by molar-refractivity contribution is 9.10. The smallest absolute Gasteiger partial charge is 0.154 e. The molecule has 1 saturated carbocycles. The van der Waals surface area contributed by atoms with Crippen molar-refractivity contribution in [3.63, 3.8) is 0 Å². The van der Waals surface area contributed by atoms with Gasteiger partial charge in [0.2, 0.25) is 0 Å². The first kappa shape index (κ1) is 14.7. The van der Waals surface area contributed by atoms with E-state index in [1.807, 2.05) is 0 Å². The Morgan fingerprint density at radius 3 is 2.47 bits per heavy atom. The van der Waals surface area contributed by atoms with Gasteiger partial charge in [-0.25, -0.2) is 18.4 Å². The molecule has 1 aliphatic carbocycles. The van der Waals surface area contributed by atoms with E-state index in [0.717, 1.165) is 23.0 Å². The van der Waals surface area contributed by atoms with Crippen LogP contribution in [0.1, 0.15) is 43.1 Å². The normalized spacial score (nSPS) is 16.8. The molecule has 0 bridgehead atoms. The minimum atomic E-state index is -3.12. The first-order valence-corrected chi connectivity index (χ1v) is 9.18. The molecule has 19 heavy (non-hydrogen) atoms. The van der Waals surface area contributed by atoms with Crippen LogP contribution in [-0.4, -0.2) is 31.7 Å². The number of anilines is 1. The molecule has 0 aliphatic heterocycles. The molecule has 1 aliphatic rings. The summed E-state index contributed by atoms with van der Waals surface area (Å²) < 4.78 is 23.7. The fourth-order valence-corrected chi connectivity index (χ4v) is 3.74. The monoisotopic (exact) mass is 347 g/mol. The molecule has 0 spiro atoms. The molecule has 1 fully saturated rings. The van der Waals surface area contributed by atoms with Gasteiger partial charge < -0.3 is 5.32 Å². The van der Waals surface area contributed by atoms with Crippen LogP contribution in [0.2, 0.25) is 0 Å². The molecule has 7 heteroatoms. The lowest BCUT2D eigenvalue weighted by Crippen LogP contribution is -2.11. The van der Waals surface area contributed by atoms with Crippen LogP contribution in [0.4, 0.5) is 5.82 Å². The van der Waals surface area contributed by atoms with Gasteiger partial charge in [-0.15, -0.1) is 0 Å². The van der Waals surface area contributed by atoms with E-state index in [2.05, 4.69) is 31.2 Å². The molecular formula is C12H18BrN3O2S.